The second kappa shape index (κ2) is 29.3. The Morgan fingerprint density at radius 1 is 0.726 bits per heavy atom. The molecular weight excluding hydrogens is 963 g/mol. The second-order valence-electron chi connectivity index (χ2n) is 18.6. The lowest BCUT2D eigenvalue weighted by Gasteiger charge is -2.38. The molecule has 22 heteroatoms. The number of rotatable bonds is 27. The SMILES string of the molecule is C#CC(=O)NC(NC(=O)C#C)C(=O)N[C@@H](C)C(=O)N[C@@H](C)C(=O)N(C)[C@H](C(=O)N[C@H](C(=O)N(C)[C@H](C[C@@H](OC(C)=O)c1nc(C(=O)N[C@@H](Cc2ccccc2)CC(C)C(=O)O)cs1)C(C)C)[C@@H](C)CC)C(C)C. The zero-order valence-corrected chi connectivity index (χ0v) is 44.4. The minimum Gasteiger partial charge on any atom is -0.481 e. The molecule has 0 aliphatic rings. The van der Waals surface area contributed by atoms with E-state index in [2.05, 4.69) is 36.9 Å². The third kappa shape index (κ3) is 19.0. The number of amides is 8. The summed E-state index contributed by atoms with van der Waals surface area (Å²) in [4.78, 5) is 137. The number of ether oxygens (including phenoxy) is 1. The summed E-state index contributed by atoms with van der Waals surface area (Å²) in [5.74, 6) is -6.41. The van der Waals surface area contributed by atoms with Crippen molar-refractivity contribution in [1.82, 2.24) is 46.7 Å². The number of nitrogens with one attached hydrogen (secondary N) is 6. The van der Waals surface area contributed by atoms with Crippen molar-refractivity contribution >= 4 is 70.5 Å². The highest BCUT2D eigenvalue weighted by molar-refractivity contribution is 7.09. The van der Waals surface area contributed by atoms with Crippen molar-refractivity contribution in [2.45, 2.75) is 143 Å². The molecule has 1 aromatic heterocycles. The van der Waals surface area contributed by atoms with E-state index < -0.39 is 125 Å². The first-order chi connectivity index (χ1) is 34.2. The first-order valence-corrected chi connectivity index (χ1v) is 24.7. The average molecular weight is 1030 g/mol. The van der Waals surface area contributed by atoms with Crippen molar-refractivity contribution in [1.29, 1.82) is 0 Å². The van der Waals surface area contributed by atoms with Gasteiger partial charge in [-0.05, 0) is 61.8 Å². The number of aromatic nitrogens is 1. The van der Waals surface area contributed by atoms with Crippen LogP contribution < -0.4 is 31.9 Å². The Morgan fingerprint density at radius 3 is 1.81 bits per heavy atom. The Labute approximate surface area is 431 Å². The highest BCUT2D eigenvalue weighted by Gasteiger charge is 2.39. The molecule has 0 bridgehead atoms. The van der Waals surface area contributed by atoms with Crippen LogP contribution in [0.5, 0.6) is 0 Å². The van der Waals surface area contributed by atoms with Crippen LogP contribution in [0.1, 0.15) is 116 Å². The zero-order chi connectivity index (χ0) is 55.4. The van der Waals surface area contributed by atoms with Crippen molar-refractivity contribution in [3.8, 4) is 24.7 Å². The molecule has 1 aromatic carbocycles. The maximum absolute atomic E-state index is 14.6. The van der Waals surface area contributed by atoms with Crippen molar-refractivity contribution in [2.75, 3.05) is 14.1 Å². The molecule has 0 saturated carbocycles. The molecule has 0 aliphatic carbocycles. The monoisotopic (exact) mass is 1030 g/mol. The lowest BCUT2D eigenvalue weighted by molar-refractivity contribution is -0.149. The molecule has 8 amide bonds. The number of hydrogen-bond acceptors (Lipinski definition) is 13. The van der Waals surface area contributed by atoms with Gasteiger partial charge in [0.05, 0.1) is 5.92 Å². The van der Waals surface area contributed by atoms with Crippen LogP contribution >= 0.6 is 11.3 Å². The quantitative estimate of drug-likeness (QED) is 0.0383. The molecular formula is C51H71N9O12S. The highest BCUT2D eigenvalue weighted by atomic mass is 32.1. The number of benzene rings is 1. The number of esters is 1. The van der Waals surface area contributed by atoms with Crippen molar-refractivity contribution < 1.29 is 57.8 Å². The number of thiazole rings is 1. The number of carbonyl (C=O) groups excluding carboxylic acids is 9. The number of carboxylic acid groups (broad SMARTS) is 1. The number of likely N-dealkylation sites (N-methyl/N-ethyl adjacent to an activating group) is 2. The Morgan fingerprint density at radius 2 is 1.30 bits per heavy atom. The predicted octanol–water partition coefficient (Wildman–Crippen LogP) is 1.92. The van der Waals surface area contributed by atoms with E-state index in [9.17, 15) is 53.1 Å². The van der Waals surface area contributed by atoms with E-state index in [1.807, 2.05) is 51.1 Å². The molecule has 0 radical (unpaired) electrons. The van der Waals surface area contributed by atoms with Crippen LogP contribution in [-0.2, 0) is 54.3 Å². The van der Waals surface area contributed by atoms with Crippen LogP contribution in [0.15, 0.2) is 35.7 Å². The average Bonchev–Trinajstić information content (AvgIpc) is 3.84. The normalized spacial score (nSPS) is 14.7. The molecule has 2 rings (SSSR count). The standard InChI is InChI=1S/C51H71N9O12S/c1-15-29(8)41(58-46(66)42(28(6)7)60(14)49(68)32(11)53-44(64)31(10)52-47(67)43(56-39(62)16-2)57-40(63)17-3)50(69)59(13)37(27(4)5)25-38(72-33(12)61)48-55-36(26-73-48)45(65)54-35(23-30(9)51(70)71)24-34-21-19-18-20-22-34/h2-3,18-22,26-32,35,37-38,41-43H,15,23-25H2,1,4-14H3,(H,52,67)(H,53,64)(H,54,65)(H,56,62)(H,57,63)(H,58,66)(H,70,71)/t29-,30?,31-,32-,35+,37+,38+,41-,42-/m0/s1. The van der Waals surface area contributed by atoms with Gasteiger partial charge >= 0.3 is 11.9 Å². The smallest absolute Gasteiger partial charge is 0.306 e. The summed E-state index contributed by atoms with van der Waals surface area (Å²) in [6, 6.07) is 3.38. The van der Waals surface area contributed by atoms with E-state index in [0.717, 1.165) is 21.8 Å². The third-order valence-electron chi connectivity index (χ3n) is 12.1. The molecule has 0 fully saturated rings. The van der Waals surface area contributed by atoms with Gasteiger partial charge in [0, 0.05) is 44.9 Å². The predicted molar refractivity (Wildman–Crippen MR) is 271 cm³/mol. The fourth-order valence-electron chi connectivity index (χ4n) is 7.86. The van der Waals surface area contributed by atoms with E-state index in [4.69, 9.17) is 17.6 Å². The Hall–Kier alpha value is -7.33. The lowest BCUT2D eigenvalue weighted by atomic mass is 9.92. The van der Waals surface area contributed by atoms with Gasteiger partial charge in [-0.15, -0.1) is 24.2 Å². The summed E-state index contributed by atoms with van der Waals surface area (Å²) >= 11 is 1.09. The third-order valence-corrected chi connectivity index (χ3v) is 13.1. The fourth-order valence-corrected chi connectivity index (χ4v) is 8.70. The Kier molecular flexibility index (Phi) is 24.8. The second-order valence-corrected chi connectivity index (χ2v) is 19.5. The van der Waals surface area contributed by atoms with Gasteiger partial charge in [-0.3, -0.25) is 47.9 Å². The molecule has 9 atom stereocenters. The number of aliphatic carboxylic acids is 1. The van der Waals surface area contributed by atoms with Gasteiger partial charge in [0.1, 0.15) is 34.9 Å². The number of nitrogens with zero attached hydrogens (tertiary/aromatic N) is 3. The summed E-state index contributed by atoms with van der Waals surface area (Å²) in [7, 11) is 2.95. The van der Waals surface area contributed by atoms with Gasteiger partial charge in [0.25, 0.3) is 23.6 Å². The van der Waals surface area contributed by atoms with Gasteiger partial charge in [0.2, 0.25) is 23.6 Å². The molecule has 0 spiro atoms. The summed E-state index contributed by atoms with van der Waals surface area (Å²) < 4.78 is 5.78. The first-order valence-electron chi connectivity index (χ1n) is 23.9. The van der Waals surface area contributed by atoms with Crippen LogP contribution in [0.3, 0.4) is 0 Å². The number of carboxylic acids is 1. The minimum absolute atomic E-state index is 0.0365. The van der Waals surface area contributed by atoms with E-state index in [-0.39, 0.29) is 24.5 Å². The van der Waals surface area contributed by atoms with Gasteiger partial charge in [-0.2, -0.15) is 0 Å². The number of hydrogen-bond donors (Lipinski definition) is 7. The molecule has 1 heterocycles. The summed E-state index contributed by atoms with van der Waals surface area (Å²) in [5, 5.41) is 26.1. The summed E-state index contributed by atoms with van der Waals surface area (Å²) in [5.41, 5.74) is 0.940. The lowest BCUT2D eigenvalue weighted by Crippen LogP contribution is -2.61. The van der Waals surface area contributed by atoms with Gasteiger partial charge in [0.15, 0.2) is 12.3 Å². The molecule has 73 heavy (non-hydrogen) atoms. The van der Waals surface area contributed by atoms with E-state index in [1.165, 1.54) is 38.1 Å². The van der Waals surface area contributed by atoms with Crippen LogP contribution in [-0.4, -0.2) is 136 Å². The molecule has 398 valence electrons. The Bertz CT molecular complexity index is 2350. The first kappa shape index (κ1) is 61.8. The molecule has 0 saturated heterocycles. The van der Waals surface area contributed by atoms with Crippen molar-refractivity contribution in [3.05, 3.63) is 52.0 Å². The van der Waals surface area contributed by atoms with Crippen LogP contribution in [0.25, 0.3) is 0 Å². The molecule has 7 N–H and O–H groups in total. The number of carbonyl (C=O) groups is 10. The van der Waals surface area contributed by atoms with Gasteiger partial charge in [-0.1, -0.05) is 85.2 Å². The molecule has 21 nitrogen and oxygen atoms in total. The van der Waals surface area contributed by atoms with Crippen LogP contribution in [0.2, 0.25) is 0 Å². The largest absolute Gasteiger partial charge is 0.481 e. The Balaban J connectivity index is 2.32. The summed E-state index contributed by atoms with van der Waals surface area (Å²) in [6.07, 6.45) is 8.44. The minimum atomic E-state index is -1.73. The topological polar surface area (TPSA) is 292 Å². The van der Waals surface area contributed by atoms with Crippen molar-refractivity contribution in [2.24, 2.45) is 23.7 Å². The summed E-state index contributed by atoms with van der Waals surface area (Å²) in [6.45, 7) is 16.3. The van der Waals surface area contributed by atoms with E-state index in [0.29, 0.717) is 17.8 Å². The molecule has 2 aromatic rings. The maximum Gasteiger partial charge on any atom is 0.306 e. The van der Waals surface area contributed by atoms with E-state index >= 15 is 0 Å². The van der Waals surface area contributed by atoms with Crippen molar-refractivity contribution in [3.63, 3.8) is 0 Å². The van der Waals surface area contributed by atoms with Gasteiger partial charge < -0.3 is 51.5 Å². The zero-order valence-electron chi connectivity index (χ0n) is 43.6. The highest BCUT2D eigenvalue weighted by Crippen LogP contribution is 2.31. The van der Waals surface area contributed by atoms with Gasteiger partial charge in [-0.25, -0.2) is 4.98 Å². The van der Waals surface area contributed by atoms with E-state index in [1.54, 1.807) is 46.6 Å². The molecule has 1 unspecified atom stereocenters. The number of terminal acetylenes is 2. The van der Waals surface area contributed by atoms with Crippen LogP contribution in [0.4, 0.5) is 0 Å². The van der Waals surface area contributed by atoms with Crippen LogP contribution in [0, 0.1) is 48.4 Å². The maximum atomic E-state index is 14.6. The fraction of sp³-hybridized carbons (Fsp3) is 0.549. The molecule has 0 aliphatic heterocycles.